The van der Waals surface area contributed by atoms with E-state index in [1.54, 1.807) is 0 Å². The van der Waals surface area contributed by atoms with E-state index in [1.807, 2.05) is 6.26 Å². The van der Waals surface area contributed by atoms with Crippen molar-refractivity contribution in [2.45, 2.75) is 180 Å². The van der Waals surface area contributed by atoms with Crippen LogP contribution in [0, 0.1) is 5.92 Å². The van der Waals surface area contributed by atoms with E-state index in [1.165, 1.54) is 0 Å². The van der Waals surface area contributed by atoms with Gasteiger partial charge in [0, 0.05) is 23.3 Å². The molecule has 1 unspecified atom stereocenters. The summed E-state index contributed by atoms with van der Waals surface area (Å²) in [6.07, 6.45) is 4.14. The first-order valence-corrected chi connectivity index (χ1v) is 23.5. The topological polar surface area (TPSA) is 93.8 Å². The molecule has 0 amide bonds. The van der Waals surface area contributed by atoms with Gasteiger partial charge in [-0.15, -0.1) is 0 Å². The molecule has 7 nitrogen and oxygen atoms in total. The molecule has 0 aliphatic carbocycles. The molecule has 262 valence electrons. The van der Waals surface area contributed by atoms with Gasteiger partial charge in [0.05, 0.1) is 36.7 Å². The summed E-state index contributed by atoms with van der Waals surface area (Å²) < 4.78 is 32.9. The molecule has 2 N–H and O–H groups in total. The molecule has 6 atom stereocenters. The zero-order valence-corrected chi connectivity index (χ0v) is 33.3. The van der Waals surface area contributed by atoms with Crippen molar-refractivity contribution in [3.8, 4) is 5.75 Å². The fraction of sp³-hybridized carbons (Fsp3) is 0.784. The van der Waals surface area contributed by atoms with Crippen molar-refractivity contribution in [2.75, 3.05) is 0 Å². The lowest BCUT2D eigenvalue weighted by molar-refractivity contribution is -0.234. The Balaban J connectivity index is 1.78. The third-order valence-corrected chi connectivity index (χ3v) is 20.5. The molecule has 1 aromatic heterocycles. The molecule has 1 spiro atoms. The lowest BCUT2D eigenvalue weighted by atomic mass is 9.80. The second kappa shape index (κ2) is 13.3. The lowest BCUT2D eigenvalue weighted by Crippen LogP contribution is -2.58. The summed E-state index contributed by atoms with van der Waals surface area (Å²) in [5.41, 5.74) is 2.55. The van der Waals surface area contributed by atoms with Crippen LogP contribution in [0.3, 0.4) is 0 Å². The highest BCUT2D eigenvalue weighted by Gasteiger charge is 2.70. The van der Waals surface area contributed by atoms with Gasteiger partial charge in [-0.1, -0.05) is 75.7 Å². The van der Waals surface area contributed by atoms with E-state index in [9.17, 15) is 10.2 Å². The van der Waals surface area contributed by atoms with Gasteiger partial charge in [0.1, 0.15) is 11.3 Å². The highest BCUT2D eigenvalue weighted by Crippen LogP contribution is 2.55. The smallest absolute Gasteiger partial charge is 0.192 e. The van der Waals surface area contributed by atoms with Crippen molar-refractivity contribution in [1.82, 2.24) is 0 Å². The Morgan fingerprint density at radius 2 is 1.65 bits per heavy atom. The van der Waals surface area contributed by atoms with Crippen molar-refractivity contribution >= 4 is 27.6 Å². The molecule has 1 aromatic carbocycles. The number of phenols is 1. The predicted molar refractivity (Wildman–Crippen MR) is 192 cm³/mol. The second-order valence-electron chi connectivity index (χ2n) is 17.5. The highest BCUT2D eigenvalue weighted by molar-refractivity contribution is 6.74. The van der Waals surface area contributed by atoms with Crippen LogP contribution in [0.1, 0.15) is 118 Å². The fourth-order valence-electron chi connectivity index (χ4n) is 6.57. The Morgan fingerprint density at radius 1 is 1.02 bits per heavy atom. The van der Waals surface area contributed by atoms with E-state index in [-0.39, 0.29) is 40.1 Å². The molecule has 2 aromatic rings. The van der Waals surface area contributed by atoms with Crippen molar-refractivity contribution in [2.24, 2.45) is 5.92 Å². The average molecular weight is 677 g/mol. The van der Waals surface area contributed by atoms with Gasteiger partial charge < -0.3 is 33.0 Å². The molecule has 0 bridgehead atoms. The van der Waals surface area contributed by atoms with Gasteiger partial charge >= 0.3 is 0 Å². The van der Waals surface area contributed by atoms with Gasteiger partial charge in [0.25, 0.3) is 0 Å². The van der Waals surface area contributed by atoms with Crippen molar-refractivity contribution < 1.29 is 33.0 Å². The zero-order valence-electron chi connectivity index (χ0n) is 31.3. The van der Waals surface area contributed by atoms with Crippen LogP contribution in [-0.2, 0) is 31.4 Å². The molecular formula is C37H64O7Si2. The van der Waals surface area contributed by atoms with E-state index in [4.69, 9.17) is 22.7 Å². The van der Waals surface area contributed by atoms with Crippen LogP contribution >= 0.6 is 0 Å². The first-order chi connectivity index (χ1) is 21.1. The largest absolute Gasteiger partial charge is 0.507 e. The molecular weight excluding hydrogens is 613 g/mol. The summed E-state index contributed by atoms with van der Waals surface area (Å²) >= 11 is 0. The number of aliphatic hydroxyl groups is 1. The van der Waals surface area contributed by atoms with Crippen LogP contribution < -0.4 is 0 Å². The monoisotopic (exact) mass is 676 g/mol. The Kier molecular flexibility index (Phi) is 10.8. The Bertz CT molecular complexity index is 1350. The number of phenolic OH excluding ortho intramolecular Hbond substituents is 1. The SMILES string of the molecule is CCCC(c1coc2c(CO[Si](C)(C)C(C)(C)C)c(O)c(CC(C)C)cc12)[C@H]1C[C@@H](O[Si](C)(C)C(C)(C)C)[C@@]2(O[C@H]2CC)[C@H](O)O1. The maximum atomic E-state index is 11.6. The summed E-state index contributed by atoms with van der Waals surface area (Å²) in [7, 11) is -4.28. The van der Waals surface area contributed by atoms with Gasteiger partial charge in [-0.2, -0.15) is 0 Å². The Hall–Kier alpha value is -1.21. The zero-order chi connectivity index (χ0) is 34.6. The number of aliphatic hydroxyl groups excluding tert-OH is 1. The summed E-state index contributed by atoms with van der Waals surface area (Å²) in [5.74, 6) is 0.609. The normalized spacial score (nSPS) is 26.8. The van der Waals surface area contributed by atoms with Crippen LogP contribution in [0.15, 0.2) is 16.7 Å². The highest BCUT2D eigenvalue weighted by atomic mass is 28.4. The van der Waals surface area contributed by atoms with Crippen molar-refractivity contribution in [3.63, 3.8) is 0 Å². The number of rotatable bonds is 12. The van der Waals surface area contributed by atoms with Gasteiger partial charge in [-0.05, 0) is 73.1 Å². The Morgan fingerprint density at radius 3 is 2.17 bits per heavy atom. The average Bonchev–Trinajstić information content (AvgIpc) is 3.53. The molecule has 3 heterocycles. The summed E-state index contributed by atoms with van der Waals surface area (Å²) in [5, 5.41) is 24.3. The first-order valence-electron chi connectivity index (χ1n) is 17.7. The number of benzene rings is 1. The molecule has 2 saturated heterocycles. The molecule has 0 saturated carbocycles. The van der Waals surface area contributed by atoms with Gasteiger partial charge in [-0.25, -0.2) is 0 Å². The van der Waals surface area contributed by atoms with E-state index in [0.29, 0.717) is 24.5 Å². The van der Waals surface area contributed by atoms with E-state index >= 15 is 0 Å². The first kappa shape index (κ1) is 37.6. The quantitative estimate of drug-likeness (QED) is 0.171. The molecule has 9 heteroatoms. The predicted octanol–water partition coefficient (Wildman–Crippen LogP) is 9.79. The van der Waals surface area contributed by atoms with Crippen LogP contribution in [-0.4, -0.2) is 57.1 Å². The molecule has 0 radical (unpaired) electrons. The summed E-state index contributed by atoms with van der Waals surface area (Å²) in [4.78, 5) is 0. The van der Waals surface area contributed by atoms with E-state index in [0.717, 1.165) is 47.8 Å². The molecule has 4 rings (SSSR count). The van der Waals surface area contributed by atoms with Crippen LogP contribution in [0.2, 0.25) is 36.3 Å². The minimum absolute atomic E-state index is 0.0187. The van der Waals surface area contributed by atoms with Crippen molar-refractivity contribution in [3.05, 3.63) is 29.0 Å². The third kappa shape index (κ3) is 7.07. The van der Waals surface area contributed by atoms with Gasteiger partial charge in [0.15, 0.2) is 28.5 Å². The fourth-order valence-corrected chi connectivity index (χ4v) is 8.86. The molecule has 2 aliphatic heterocycles. The number of aromatic hydroxyl groups is 1. The van der Waals surface area contributed by atoms with Crippen molar-refractivity contribution in [1.29, 1.82) is 0 Å². The number of hydrogen-bond acceptors (Lipinski definition) is 7. The van der Waals surface area contributed by atoms with Crippen LogP contribution in [0.25, 0.3) is 11.0 Å². The molecule has 2 fully saturated rings. The third-order valence-electron chi connectivity index (χ3n) is 11.5. The maximum absolute atomic E-state index is 11.6. The van der Waals surface area contributed by atoms with Crippen LogP contribution in [0.5, 0.6) is 5.75 Å². The number of furan rings is 1. The molecule has 2 aliphatic rings. The van der Waals surface area contributed by atoms with Gasteiger partial charge in [0.2, 0.25) is 0 Å². The second-order valence-corrected chi connectivity index (χ2v) is 27.0. The summed E-state index contributed by atoms with van der Waals surface area (Å²) in [6, 6.07) is 2.11. The Labute approximate surface area is 281 Å². The number of hydrogen-bond donors (Lipinski definition) is 2. The van der Waals surface area contributed by atoms with Crippen LogP contribution in [0.4, 0.5) is 0 Å². The summed E-state index contributed by atoms with van der Waals surface area (Å²) in [6.45, 7) is 31.4. The number of epoxide rings is 1. The number of fused-ring (bicyclic) bond motifs is 1. The van der Waals surface area contributed by atoms with Gasteiger partial charge in [-0.3, -0.25) is 0 Å². The van der Waals surface area contributed by atoms with E-state index < -0.39 is 28.5 Å². The minimum Gasteiger partial charge on any atom is -0.507 e. The minimum atomic E-state index is -2.18. The number of ether oxygens (including phenoxy) is 2. The molecule has 46 heavy (non-hydrogen) atoms. The standard InChI is InChI=1S/C37H64O7Si2/c1-15-17-25(29-20-31(44-46(13,14)36(8,9)10)37(34(39)42-29)30(16-2)43-37)27-21-40-33-26(27)19-24(18-23(3)4)32(38)28(33)22-41-45(11,12)35(5,6)7/h19,21,23,25,29-31,34,38-39H,15-18,20,22H2,1-14H3/t25?,29-,30+,31-,34-,37-/m1/s1. The lowest BCUT2D eigenvalue weighted by Gasteiger charge is -2.46. The van der Waals surface area contributed by atoms with E-state index in [2.05, 4.69) is 101 Å². The maximum Gasteiger partial charge on any atom is 0.192 e.